The third kappa shape index (κ3) is 4.30. The van der Waals surface area contributed by atoms with Gasteiger partial charge in [-0.3, -0.25) is 4.79 Å². The van der Waals surface area contributed by atoms with Gasteiger partial charge in [0.1, 0.15) is 13.9 Å². The molecule has 4 rings (SSSR count). The zero-order chi connectivity index (χ0) is 20.4. The number of nitrogens with zero attached hydrogens (tertiary/aromatic N) is 2. The monoisotopic (exact) mass is 408 g/mol. The summed E-state index contributed by atoms with van der Waals surface area (Å²) in [5.74, 6) is 0.369. The van der Waals surface area contributed by atoms with Gasteiger partial charge in [-0.1, -0.05) is 49.5 Å². The molecule has 1 unspecified atom stereocenters. The number of hydrogen-bond acceptors (Lipinski definition) is 2. The first-order valence-electron chi connectivity index (χ1n) is 10.5. The summed E-state index contributed by atoms with van der Waals surface area (Å²) in [6, 6.07) is 15.0. The smallest absolute Gasteiger partial charge is 0.253 e. The van der Waals surface area contributed by atoms with Crippen LogP contribution in [0.4, 0.5) is 4.39 Å². The minimum atomic E-state index is -1.61. The van der Waals surface area contributed by atoms with Gasteiger partial charge in [0.25, 0.3) is 5.91 Å². The number of fused-ring (bicyclic) bond motifs is 1. The Morgan fingerprint density at radius 3 is 2.55 bits per heavy atom. The van der Waals surface area contributed by atoms with E-state index in [4.69, 9.17) is 0 Å². The Kier molecular flexibility index (Phi) is 5.59. The lowest BCUT2D eigenvalue weighted by Crippen LogP contribution is -2.60. The molecule has 2 aliphatic rings. The van der Waals surface area contributed by atoms with Gasteiger partial charge in [-0.15, -0.1) is 0 Å². The number of halogens is 1. The van der Waals surface area contributed by atoms with Crippen molar-refractivity contribution >= 4 is 19.2 Å². The fourth-order valence-corrected chi connectivity index (χ4v) is 7.48. The van der Waals surface area contributed by atoms with E-state index in [2.05, 4.69) is 47.3 Å². The molecule has 2 aromatic rings. The topological polar surface area (TPSA) is 23.6 Å². The van der Waals surface area contributed by atoms with E-state index < -0.39 is 8.07 Å². The van der Waals surface area contributed by atoms with Crippen LogP contribution in [0.25, 0.3) is 0 Å². The highest BCUT2D eigenvalue weighted by atomic mass is 28.3. The Morgan fingerprint density at radius 2 is 1.83 bits per heavy atom. The van der Waals surface area contributed by atoms with Gasteiger partial charge in [-0.25, -0.2) is 4.39 Å². The normalized spacial score (nSPS) is 20.7. The summed E-state index contributed by atoms with van der Waals surface area (Å²) in [5.41, 5.74) is 2.09. The molecule has 0 saturated heterocycles. The number of amides is 1. The van der Waals surface area contributed by atoms with Gasteiger partial charge in [0.2, 0.25) is 0 Å². The molecule has 0 saturated carbocycles. The molecule has 0 aliphatic carbocycles. The Labute approximate surface area is 173 Å². The first kappa shape index (κ1) is 19.9. The van der Waals surface area contributed by atoms with Crippen molar-refractivity contribution in [3.63, 3.8) is 0 Å². The zero-order valence-corrected chi connectivity index (χ0v) is 18.3. The van der Waals surface area contributed by atoms with Gasteiger partial charge in [-0.2, -0.15) is 0 Å². The molecule has 29 heavy (non-hydrogen) atoms. The first-order valence-corrected chi connectivity index (χ1v) is 13.7. The van der Waals surface area contributed by atoms with E-state index in [1.807, 2.05) is 24.3 Å². The van der Waals surface area contributed by atoms with E-state index in [1.165, 1.54) is 22.9 Å². The predicted octanol–water partition coefficient (Wildman–Crippen LogP) is 4.13. The summed E-state index contributed by atoms with van der Waals surface area (Å²) in [6.45, 7) is 7.48. The molecule has 2 aliphatic heterocycles. The molecule has 152 valence electrons. The molecular weight excluding hydrogens is 379 g/mol. The van der Waals surface area contributed by atoms with E-state index in [0.29, 0.717) is 5.92 Å². The molecule has 0 radical (unpaired) electrons. The van der Waals surface area contributed by atoms with E-state index in [9.17, 15) is 9.18 Å². The molecule has 0 fully saturated rings. The number of carbonyl (C=O) groups excluding carboxylic acids is 1. The van der Waals surface area contributed by atoms with Gasteiger partial charge in [-0.05, 0) is 48.0 Å². The Hall–Kier alpha value is -2.40. The minimum Gasteiger partial charge on any atom is -0.378 e. The van der Waals surface area contributed by atoms with Gasteiger partial charge in [0.15, 0.2) is 0 Å². The summed E-state index contributed by atoms with van der Waals surface area (Å²) in [5, 5.41) is 1.30. The van der Waals surface area contributed by atoms with Crippen molar-refractivity contribution in [3.05, 3.63) is 77.8 Å². The molecule has 0 bridgehead atoms. The van der Waals surface area contributed by atoms with E-state index in [0.717, 1.165) is 44.2 Å². The van der Waals surface area contributed by atoms with Crippen molar-refractivity contribution in [1.82, 2.24) is 9.80 Å². The van der Waals surface area contributed by atoms with Gasteiger partial charge < -0.3 is 9.80 Å². The standard InChI is InChI=1S/C24H29FN2OSi/c1-29(2)18-27(24(28)22-6-3-4-7-23(22)29)15-5-14-26-16-12-20(13-17-26)19-8-10-21(25)11-9-19/h3-4,6-12,16,20H,5,13-15,17-18H2,1-2H3. The minimum absolute atomic E-state index is 0.184. The number of carbonyl (C=O) groups is 1. The Balaban J connectivity index is 1.31. The average Bonchev–Trinajstić information content (AvgIpc) is 2.73. The van der Waals surface area contributed by atoms with Crippen LogP contribution < -0.4 is 5.19 Å². The fraction of sp³-hybridized carbons (Fsp3) is 0.375. The Morgan fingerprint density at radius 1 is 1.07 bits per heavy atom. The molecule has 0 spiro atoms. The summed E-state index contributed by atoms with van der Waals surface area (Å²) < 4.78 is 13.1. The van der Waals surface area contributed by atoms with Gasteiger partial charge in [0, 0.05) is 37.3 Å². The second-order valence-corrected chi connectivity index (χ2v) is 13.5. The molecule has 2 heterocycles. The SMILES string of the molecule is C[Si]1(C)CN(CCCN2C=CC(c3ccc(F)cc3)CC2)C(=O)c2ccccc21. The van der Waals surface area contributed by atoms with Crippen LogP contribution in [0, 0.1) is 5.82 Å². The lowest BCUT2D eigenvalue weighted by Gasteiger charge is -2.38. The van der Waals surface area contributed by atoms with Gasteiger partial charge >= 0.3 is 0 Å². The molecule has 3 nitrogen and oxygen atoms in total. The first-order chi connectivity index (χ1) is 13.9. The summed E-state index contributed by atoms with van der Waals surface area (Å²) in [4.78, 5) is 17.3. The molecule has 0 aromatic heterocycles. The summed E-state index contributed by atoms with van der Waals surface area (Å²) in [7, 11) is -1.61. The third-order valence-corrected chi connectivity index (χ3v) is 9.25. The van der Waals surface area contributed by atoms with Crippen LogP contribution in [0.3, 0.4) is 0 Å². The quantitative estimate of drug-likeness (QED) is 0.695. The van der Waals surface area contributed by atoms with Crippen LogP contribution in [0.2, 0.25) is 13.1 Å². The molecular formula is C24H29FN2OSi. The van der Waals surface area contributed by atoms with Crippen LogP contribution in [0.15, 0.2) is 60.8 Å². The zero-order valence-electron chi connectivity index (χ0n) is 17.3. The molecule has 1 atom stereocenters. The van der Waals surface area contributed by atoms with Crippen molar-refractivity contribution < 1.29 is 9.18 Å². The van der Waals surface area contributed by atoms with Crippen LogP contribution in [0.1, 0.15) is 34.7 Å². The van der Waals surface area contributed by atoms with Crippen LogP contribution in [-0.2, 0) is 0 Å². The maximum atomic E-state index is 13.1. The van der Waals surface area contributed by atoms with Gasteiger partial charge in [0.05, 0.1) is 0 Å². The third-order valence-electron chi connectivity index (χ3n) is 6.19. The molecule has 2 aromatic carbocycles. The summed E-state index contributed by atoms with van der Waals surface area (Å²) in [6.07, 6.45) is 7.31. The van der Waals surface area contributed by atoms with E-state index in [-0.39, 0.29) is 11.7 Å². The van der Waals surface area contributed by atoms with Crippen LogP contribution in [0.5, 0.6) is 0 Å². The largest absolute Gasteiger partial charge is 0.378 e. The number of allylic oxidation sites excluding steroid dienone is 1. The van der Waals surface area contributed by atoms with Crippen LogP contribution >= 0.6 is 0 Å². The van der Waals surface area contributed by atoms with Crippen molar-refractivity contribution in [3.8, 4) is 0 Å². The Bertz CT molecular complexity index is 909. The number of hydrogen-bond donors (Lipinski definition) is 0. The second kappa shape index (κ2) is 8.15. The number of rotatable bonds is 5. The lowest BCUT2D eigenvalue weighted by atomic mass is 9.93. The van der Waals surface area contributed by atoms with E-state index in [1.54, 1.807) is 0 Å². The maximum Gasteiger partial charge on any atom is 0.253 e. The molecule has 5 heteroatoms. The fourth-order valence-electron chi connectivity index (χ4n) is 4.58. The molecule has 1 amide bonds. The molecule has 0 N–H and O–H groups in total. The second-order valence-electron chi connectivity index (χ2n) is 8.83. The van der Waals surface area contributed by atoms with Crippen LogP contribution in [-0.4, -0.2) is 49.6 Å². The predicted molar refractivity (Wildman–Crippen MR) is 119 cm³/mol. The highest BCUT2D eigenvalue weighted by Crippen LogP contribution is 2.26. The van der Waals surface area contributed by atoms with Crippen molar-refractivity contribution in [2.75, 3.05) is 25.8 Å². The van der Waals surface area contributed by atoms with Crippen molar-refractivity contribution in [1.29, 1.82) is 0 Å². The average molecular weight is 409 g/mol. The maximum absolute atomic E-state index is 13.1. The number of benzene rings is 2. The van der Waals surface area contributed by atoms with E-state index >= 15 is 0 Å². The van der Waals surface area contributed by atoms with Crippen molar-refractivity contribution in [2.45, 2.75) is 31.9 Å². The highest BCUT2D eigenvalue weighted by molar-refractivity contribution is 6.91. The lowest BCUT2D eigenvalue weighted by molar-refractivity contribution is 0.0771. The van der Waals surface area contributed by atoms with Crippen molar-refractivity contribution in [2.24, 2.45) is 0 Å². The summed E-state index contributed by atoms with van der Waals surface area (Å²) >= 11 is 0. The highest BCUT2D eigenvalue weighted by Gasteiger charge is 2.37.